The van der Waals surface area contributed by atoms with Crippen LogP contribution in [0.2, 0.25) is 0 Å². The summed E-state index contributed by atoms with van der Waals surface area (Å²) in [6.45, 7) is 0.280. The van der Waals surface area contributed by atoms with E-state index in [0.29, 0.717) is 17.4 Å². The van der Waals surface area contributed by atoms with Gasteiger partial charge in [-0.1, -0.05) is 42.5 Å². The Morgan fingerprint density at radius 3 is 2.56 bits per heavy atom. The van der Waals surface area contributed by atoms with Crippen LogP contribution in [0.4, 0.5) is 0 Å². The highest BCUT2D eigenvalue weighted by molar-refractivity contribution is 5.84. The molecule has 7 heteroatoms. The van der Waals surface area contributed by atoms with Crippen LogP contribution in [0.3, 0.4) is 0 Å². The van der Waals surface area contributed by atoms with E-state index in [1.54, 1.807) is 25.3 Å². The molecule has 2 heterocycles. The van der Waals surface area contributed by atoms with Gasteiger partial charge in [-0.25, -0.2) is 4.98 Å². The Labute approximate surface area is 196 Å². The second-order valence-corrected chi connectivity index (χ2v) is 8.11. The summed E-state index contributed by atoms with van der Waals surface area (Å²) < 4.78 is 6.64. The molecule has 34 heavy (non-hydrogen) atoms. The maximum absolute atomic E-state index is 12.8. The summed E-state index contributed by atoms with van der Waals surface area (Å²) in [5.41, 5.74) is 3.56. The average Bonchev–Trinajstić information content (AvgIpc) is 3.30. The lowest BCUT2D eigenvalue weighted by atomic mass is 9.91. The number of rotatable bonds is 7. The maximum Gasteiger partial charge on any atom is 0.261 e. The van der Waals surface area contributed by atoms with E-state index in [-0.39, 0.29) is 23.9 Å². The Balaban J connectivity index is 1.40. The van der Waals surface area contributed by atoms with E-state index in [2.05, 4.69) is 21.4 Å². The molecule has 0 saturated heterocycles. The molecule has 0 spiro atoms. The van der Waals surface area contributed by atoms with Gasteiger partial charge in [0.05, 0.1) is 24.3 Å². The van der Waals surface area contributed by atoms with Crippen molar-refractivity contribution in [3.05, 3.63) is 107 Å². The van der Waals surface area contributed by atoms with Gasteiger partial charge in [0.25, 0.3) is 5.56 Å². The number of nitrogens with zero attached hydrogens (tertiary/aromatic N) is 2. The highest BCUT2D eigenvalue weighted by Gasteiger charge is 2.19. The van der Waals surface area contributed by atoms with Crippen molar-refractivity contribution < 1.29 is 9.53 Å². The van der Waals surface area contributed by atoms with Crippen LogP contribution in [0.25, 0.3) is 21.8 Å². The van der Waals surface area contributed by atoms with Crippen molar-refractivity contribution in [2.45, 2.75) is 12.5 Å². The summed E-state index contributed by atoms with van der Waals surface area (Å²) >= 11 is 0. The summed E-state index contributed by atoms with van der Waals surface area (Å²) in [6, 6.07) is 23.1. The number of ether oxygens (including phenoxy) is 1. The lowest BCUT2D eigenvalue weighted by Crippen LogP contribution is -2.35. The molecular weight excluding hydrogens is 428 g/mol. The predicted octanol–water partition coefficient (Wildman–Crippen LogP) is 3.83. The zero-order valence-electron chi connectivity index (χ0n) is 18.7. The van der Waals surface area contributed by atoms with Crippen LogP contribution in [-0.2, 0) is 11.3 Å². The number of methoxy groups -OCH3 is 1. The number of H-pyrrole nitrogens is 1. The number of para-hydroxylation sites is 2. The molecule has 5 aromatic rings. The van der Waals surface area contributed by atoms with Crippen molar-refractivity contribution in [1.82, 2.24) is 19.9 Å². The summed E-state index contributed by atoms with van der Waals surface area (Å²) in [5, 5.41) is 4.61. The molecule has 0 aliphatic carbocycles. The second-order valence-electron chi connectivity index (χ2n) is 8.11. The number of aromatic nitrogens is 3. The predicted molar refractivity (Wildman–Crippen MR) is 132 cm³/mol. The fraction of sp³-hybridized carbons (Fsp3) is 0.148. The topological polar surface area (TPSA) is 89.0 Å². The molecule has 0 bridgehead atoms. The zero-order valence-corrected chi connectivity index (χ0v) is 18.7. The van der Waals surface area contributed by atoms with Crippen LogP contribution in [0.5, 0.6) is 5.75 Å². The SMILES string of the molecule is COc1ccc(C(CNC(=O)Cn2cnc3ccccc3c2=O)c2c[nH]c3ccccc23)cc1. The first kappa shape index (κ1) is 21.5. The second kappa shape index (κ2) is 9.23. The lowest BCUT2D eigenvalue weighted by molar-refractivity contribution is -0.121. The number of fused-ring (bicyclic) bond motifs is 2. The van der Waals surface area contributed by atoms with Crippen LogP contribution in [0.15, 0.2) is 90.1 Å². The number of nitrogens with one attached hydrogen (secondary N) is 2. The summed E-state index contributed by atoms with van der Waals surface area (Å²) in [5.74, 6) is 0.434. The van der Waals surface area contributed by atoms with Crippen LogP contribution in [0.1, 0.15) is 17.0 Å². The first-order valence-electron chi connectivity index (χ1n) is 11.0. The van der Waals surface area contributed by atoms with E-state index >= 15 is 0 Å². The third-order valence-electron chi connectivity index (χ3n) is 6.06. The van der Waals surface area contributed by atoms with Gasteiger partial charge >= 0.3 is 0 Å². The summed E-state index contributed by atoms with van der Waals surface area (Å²) in [7, 11) is 1.63. The third kappa shape index (κ3) is 4.15. The molecule has 1 atom stereocenters. The molecule has 0 fully saturated rings. The fourth-order valence-electron chi connectivity index (χ4n) is 4.27. The van der Waals surface area contributed by atoms with E-state index in [9.17, 15) is 9.59 Å². The largest absolute Gasteiger partial charge is 0.497 e. The number of carbonyl (C=O) groups excluding carboxylic acids is 1. The van der Waals surface area contributed by atoms with Crippen molar-refractivity contribution in [2.24, 2.45) is 0 Å². The van der Waals surface area contributed by atoms with Crippen LogP contribution in [0, 0.1) is 0 Å². The highest BCUT2D eigenvalue weighted by Crippen LogP contribution is 2.31. The minimum atomic E-state index is -0.252. The Kier molecular flexibility index (Phi) is 5.82. The number of hydrogen-bond acceptors (Lipinski definition) is 4. The molecule has 170 valence electrons. The number of hydrogen-bond donors (Lipinski definition) is 2. The van der Waals surface area contributed by atoms with Gasteiger partial charge in [-0.3, -0.25) is 14.2 Å². The Hall–Kier alpha value is -4.39. The maximum atomic E-state index is 12.8. The first-order valence-corrected chi connectivity index (χ1v) is 11.0. The number of aromatic amines is 1. The van der Waals surface area contributed by atoms with Gasteiger partial charge in [0.1, 0.15) is 12.3 Å². The minimum Gasteiger partial charge on any atom is -0.497 e. The van der Waals surface area contributed by atoms with Gasteiger partial charge < -0.3 is 15.0 Å². The minimum absolute atomic E-state index is 0.0857. The van der Waals surface area contributed by atoms with E-state index in [4.69, 9.17) is 4.74 Å². The molecule has 2 N–H and O–H groups in total. The number of amides is 1. The average molecular weight is 453 g/mol. The molecule has 0 saturated carbocycles. The summed E-state index contributed by atoms with van der Waals surface area (Å²) in [6.07, 6.45) is 3.41. The van der Waals surface area contributed by atoms with Gasteiger partial charge in [-0.2, -0.15) is 0 Å². The molecule has 3 aromatic carbocycles. The Morgan fingerprint density at radius 1 is 1.03 bits per heavy atom. The lowest BCUT2D eigenvalue weighted by Gasteiger charge is -2.19. The first-order chi connectivity index (χ1) is 16.6. The standard InChI is InChI=1S/C27H24N4O3/c1-34-19-12-10-18(11-13-19)22(23-15-28-24-8-4-2-6-20(23)24)14-29-26(32)16-31-17-30-25-9-5-3-7-21(25)27(31)33/h2-13,15,17,22,28H,14,16H2,1H3,(H,29,32). The van der Waals surface area contributed by atoms with E-state index < -0.39 is 0 Å². The molecule has 1 amide bonds. The molecule has 0 radical (unpaired) electrons. The molecule has 7 nitrogen and oxygen atoms in total. The molecule has 0 aliphatic rings. The van der Waals surface area contributed by atoms with Gasteiger partial charge in [0.15, 0.2) is 0 Å². The summed E-state index contributed by atoms with van der Waals surface area (Å²) in [4.78, 5) is 33.2. The van der Waals surface area contributed by atoms with E-state index in [0.717, 1.165) is 27.8 Å². The van der Waals surface area contributed by atoms with Crippen LogP contribution < -0.4 is 15.6 Å². The van der Waals surface area contributed by atoms with Gasteiger partial charge in [0.2, 0.25) is 5.91 Å². The highest BCUT2D eigenvalue weighted by atomic mass is 16.5. The van der Waals surface area contributed by atoms with Crippen molar-refractivity contribution in [3.8, 4) is 5.75 Å². The molecule has 5 rings (SSSR count). The van der Waals surface area contributed by atoms with Crippen molar-refractivity contribution in [2.75, 3.05) is 13.7 Å². The molecule has 1 unspecified atom stereocenters. The van der Waals surface area contributed by atoms with Crippen molar-refractivity contribution >= 4 is 27.7 Å². The molecule has 2 aromatic heterocycles. The van der Waals surface area contributed by atoms with Crippen molar-refractivity contribution in [1.29, 1.82) is 0 Å². The molecular formula is C27H24N4O3. The third-order valence-corrected chi connectivity index (χ3v) is 6.06. The van der Waals surface area contributed by atoms with Crippen LogP contribution >= 0.6 is 0 Å². The normalized spacial score (nSPS) is 12.0. The monoisotopic (exact) mass is 452 g/mol. The quantitative estimate of drug-likeness (QED) is 0.393. The zero-order chi connectivity index (χ0) is 23.5. The number of carbonyl (C=O) groups is 1. The van der Waals surface area contributed by atoms with Crippen molar-refractivity contribution in [3.63, 3.8) is 0 Å². The molecule has 0 aliphatic heterocycles. The Morgan fingerprint density at radius 2 is 1.76 bits per heavy atom. The van der Waals surface area contributed by atoms with Crippen LogP contribution in [-0.4, -0.2) is 34.1 Å². The smallest absolute Gasteiger partial charge is 0.261 e. The van der Waals surface area contributed by atoms with E-state index in [1.807, 2.05) is 54.7 Å². The van der Waals surface area contributed by atoms with Gasteiger partial charge in [-0.15, -0.1) is 0 Å². The van der Waals surface area contributed by atoms with E-state index in [1.165, 1.54) is 10.9 Å². The van der Waals surface area contributed by atoms with Gasteiger partial charge in [0, 0.05) is 29.6 Å². The van der Waals surface area contributed by atoms with Gasteiger partial charge in [-0.05, 0) is 41.5 Å². The number of benzene rings is 3. The fourth-order valence-corrected chi connectivity index (χ4v) is 4.27. The Bertz CT molecular complexity index is 1520.